The monoisotopic (exact) mass is 289 g/mol. The third-order valence-corrected chi connectivity index (χ3v) is 3.15. The summed E-state index contributed by atoms with van der Waals surface area (Å²) in [6, 6.07) is 0.892. The van der Waals surface area contributed by atoms with Gasteiger partial charge in [-0.2, -0.15) is 4.39 Å². The molecule has 1 rings (SSSR count). The van der Waals surface area contributed by atoms with Crippen molar-refractivity contribution in [3.8, 4) is 0 Å². The molecule has 1 aromatic carbocycles. The fraction of sp³-hybridized carbons (Fsp3) is 0.143. The lowest BCUT2D eigenvalue weighted by atomic mass is 10.2. The predicted molar refractivity (Wildman–Crippen MR) is 51.1 cm³/mol. The van der Waals surface area contributed by atoms with Crippen molar-refractivity contribution in [2.45, 2.75) is 11.3 Å². The average Bonchev–Trinajstić information content (AvgIpc) is 2.14. The van der Waals surface area contributed by atoms with E-state index in [0.29, 0.717) is 12.1 Å². The molecule has 0 amide bonds. The third-order valence-electron chi connectivity index (χ3n) is 1.78. The van der Waals surface area contributed by atoms with Crippen LogP contribution in [-0.4, -0.2) is 13.3 Å². The number of halogens is 4. The molecule has 0 aliphatic rings. The van der Waals surface area contributed by atoms with E-state index in [0.717, 1.165) is 0 Å². The predicted octanol–water partition coefficient (Wildman–Crippen LogP) is 2.60. The number of hydrogen-bond acceptors (Lipinski definition) is 4. The summed E-state index contributed by atoms with van der Waals surface area (Å²) in [5.41, 5.74) is -2.46. The maximum absolute atomic E-state index is 13.4. The Hall–Kier alpha value is -1.35. The van der Waals surface area contributed by atoms with Crippen LogP contribution in [0.4, 0.5) is 18.9 Å². The minimum atomic E-state index is -4.85. The number of rotatable bonds is 3. The Balaban J connectivity index is 3.72. The number of benzene rings is 1. The number of alkyl halides is 2. The van der Waals surface area contributed by atoms with Gasteiger partial charge in [-0.3, -0.25) is 10.1 Å². The van der Waals surface area contributed by atoms with E-state index in [9.17, 15) is 31.7 Å². The van der Waals surface area contributed by atoms with Crippen molar-refractivity contribution in [2.75, 3.05) is 0 Å². The van der Waals surface area contributed by atoms with Gasteiger partial charge in [-0.25, -0.2) is 17.2 Å². The molecule has 0 spiro atoms. The Morgan fingerprint density at radius 3 is 2.24 bits per heavy atom. The van der Waals surface area contributed by atoms with Crippen molar-refractivity contribution in [3.05, 3.63) is 33.6 Å². The summed E-state index contributed by atoms with van der Waals surface area (Å²) in [7, 11) is -0.0864. The van der Waals surface area contributed by atoms with Gasteiger partial charge in [0.15, 0.2) is 0 Å². The smallest absolute Gasteiger partial charge is 0.258 e. The molecule has 0 aromatic heterocycles. The molecular formula is C7H3ClF3NO4S. The van der Waals surface area contributed by atoms with Crippen LogP contribution >= 0.6 is 10.7 Å². The molecule has 0 N–H and O–H groups in total. The standard InChI is InChI=1S/C7H3ClF3NO4S/c8-17(15,16)6-3(7(10)11)1-2-4(5(6)9)12(13)14/h1-2,7H. The summed E-state index contributed by atoms with van der Waals surface area (Å²) in [6.07, 6.45) is -3.33. The highest BCUT2D eigenvalue weighted by atomic mass is 35.7. The molecule has 0 bridgehead atoms. The van der Waals surface area contributed by atoms with Crippen LogP contribution in [0.2, 0.25) is 0 Å². The van der Waals surface area contributed by atoms with Gasteiger partial charge >= 0.3 is 5.69 Å². The van der Waals surface area contributed by atoms with E-state index in [-0.39, 0.29) is 0 Å². The molecule has 94 valence electrons. The molecule has 0 saturated heterocycles. The van der Waals surface area contributed by atoms with Crippen LogP contribution < -0.4 is 0 Å². The summed E-state index contributed by atoms with van der Waals surface area (Å²) in [4.78, 5) is 7.52. The molecule has 0 fully saturated rings. The van der Waals surface area contributed by atoms with Gasteiger partial charge in [-0.1, -0.05) is 0 Å². The first-order chi connectivity index (χ1) is 7.66. The Kier molecular flexibility index (Phi) is 3.62. The highest BCUT2D eigenvalue weighted by molar-refractivity contribution is 8.13. The van der Waals surface area contributed by atoms with Crippen LogP contribution in [0.25, 0.3) is 0 Å². The van der Waals surface area contributed by atoms with E-state index < -0.39 is 42.4 Å². The zero-order valence-corrected chi connectivity index (χ0v) is 9.30. The molecule has 0 atom stereocenters. The minimum absolute atomic E-state index is 0.446. The Morgan fingerprint density at radius 2 is 1.88 bits per heavy atom. The second kappa shape index (κ2) is 4.49. The fourth-order valence-corrected chi connectivity index (χ4v) is 2.35. The molecule has 0 heterocycles. The molecular weight excluding hydrogens is 287 g/mol. The molecule has 17 heavy (non-hydrogen) atoms. The van der Waals surface area contributed by atoms with Gasteiger partial charge in [0.25, 0.3) is 15.5 Å². The van der Waals surface area contributed by atoms with E-state index >= 15 is 0 Å². The molecule has 0 unspecified atom stereocenters. The number of nitro benzene ring substituents is 1. The third kappa shape index (κ3) is 2.67. The lowest BCUT2D eigenvalue weighted by Crippen LogP contribution is -2.05. The first-order valence-corrected chi connectivity index (χ1v) is 6.16. The lowest BCUT2D eigenvalue weighted by molar-refractivity contribution is -0.387. The van der Waals surface area contributed by atoms with Gasteiger partial charge in [0, 0.05) is 22.3 Å². The summed E-state index contributed by atoms with van der Waals surface area (Å²) >= 11 is 0. The van der Waals surface area contributed by atoms with Crippen molar-refractivity contribution in [3.63, 3.8) is 0 Å². The van der Waals surface area contributed by atoms with Gasteiger partial charge in [0.2, 0.25) is 5.82 Å². The molecule has 1 aromatic rings. The zero-order valence-electron chi connectivity index (χ0n) is 7.73. The maximum atomic E-state index is 13.4. The van der Waals surface area contributed by atoms with Gasteiger partial charge in [-0.15, -0.1) is 0 Å². The van der Waals surface area contributed by atoms with Gasteiger partial charge in [0.05, 0.1) is 4.92 Å². The van der Waals surface area contributed by atoms with Crippen LogP contribution in [-0.2, 0) is 9.05 Å². The summed E-state index contributed by atoms with van der Waals surface area (Å²) in [5.74, 6) is -1.90. The highest BCUT2D eigenvalue weighted by Gasteiger charge is 2.31. The highest BCUT2D eigenvalue weighted by Crippen LogP contribution is 2.34. The van der Waals surface area contributed by atoms with Crippen molar-refractivity contribution in [1.29, 1.82) is 0 Å². The molecule has 0 aliphatic heterocycles. The van der Waals surface area contributed by atoms with Crippen LogP contribution in [0.3, 0.4) is 0 Å². The summed E-state index contributed by atoms with van der Waals surface area (Å²) in [5, 5.41) is 10.3. The average molecular weight is 290 g/mol. The second-order valence-corrected chi connectivity index (χ2v) is 5.32. The van der Waals surface area contributed by atoms with Crippen molar-refractivity contribution >= 4 is 25.4 Å². The number of nitrogens with zero attached hydrogens (tertiary/aromatic N) is 1. The van der Waals surface area contributed by atoms with Gasteiger partial charge in [-0.05, 0) is 6.07 Å². The number of hydrogen-bond donors (Lipinski definition) is 0. The van der Waals surface area contributed by atoms with Crippen LogP contribution in [0.5, 0.6) is 0 Å². The van der Waals surface area contributed by atoms with E-state index in [1.54, 1.807) is 0 Å². The lowest BCUT2D eigenvalue weighted by Gasteiger charge is -2.06. The van der Waals surface area contributed by atoms with Crippen molar-refractivity contribution in [1.82, 2.24) is 0 Å². The Labute approximate surface area is 97.4 Å². The molecule has 0 saturated carbocycles. The first-order valence-electron chi connectivity index (χ1n) is 3.86. The van der Waals surface area contributed by atoms with Crippen molar-refractivity contribution < 1.29 is 26.5 Å². The van der Waals surface area contributed by atoms with E-state index in [1.807, 2.05) is 0 Å². The van der Waals surface area contributed by atoms with Crippen LogP contribution in [0.1, 0.15) is 12.0 Å². The SMILES string of the molecule is O=[N+]([O-])c1ccc(C(F)F)c(S(=O)(=O)Cl)c1F. The molecule has 0 radical (unpaired) electrons. The Bertz CT molecular complexity index is 575. The quantitative estimate of drug-likeness (QED) is 0.487. The molecule has 0 aliphatic carbocycles. The van der Waals surface area contributed by atoms with Gasteiger partial charge in [0.1, 0.15) is 4.90 Å². The van der Waals surface area contributed by atoms with Crippen molar-refractivity contribution in [2.24, 2.45) is 0 Å². The van der Waals surface area contributed by atoms with Crippen LogP contribution in [0.15, 0.2) is 17.0 Å². The Morgan fingerprint density at radius 1 is 1.35 bits per heavy atom. The van der Waals surface area contributed by atoms with Gasteiger partial charge < -0.3 is 0 Å². The molecule has 5 nitrogen and oxygen atoms in total. The normalized spacial score (nSPS) is 11.8. The summed E-state index contributed by atoms with van der Waals surface area (Å²) < 4.78 is 60.1. The zero-order chi connectivity index (χ0) is 13.4. The first kappa shape index (κ1) is 13.7. The molecule has 10 heteroatoms. The van der Waals surface area contributed by atoms with E-state index in [1.165, 1.54) is 0 Å². The fourth-order valence-electron chi connectivity index (χ4n) is 1.12. The maximum Gasteiger partial charge on any atom is 0.306 e. The van der Waals surface area contributed by atoms with E-state index in [2.05, 4.69) is 0 Å². The second-order valence-electron chi connectivity index (χ2n) is 2.81. The minimum Gasteiger partial charge on any atom is -0.258 e. The topological polar surface area (TPSA) is 77.3 Å². The summed E-state index contributed by atoms with van der Waals surface area (Å²) in [6.45, 7) is 0. The largest absolute Gasteiger partial charge is 0.306 e. The van der Waals surface area contributed by atoms with E-state index in [4.69, 9.17) is 10.7 Å². The van der Waals surface area contributed by atoms with Crippen LogP contribution in [0, 0.1) is 15.9 Å². The number of nitro groups is 1.